The van der Waals surface area contributed by atoms with Gasteiger partial charge in [0, 0.05) is 30.8 Å². The van der Waals surface area contributed by atoms with E-state index in [0.29, 0.717) is 12.3 Å². The van der Waals surface area contributed by atoms with E-state index in [2.05, 4.69) is 71.6 Å². The van der Waals surface area contributed by atoms with Crippen molar-refractivity contribution in [2.75, 3.05) is 13.1 Å². The summed E-state index contributed by atoms with van der Waals surface area (Å²) in [6, 6.07) is 15.0. The van der Waals surface area contributed by atoms with Gasteiger partial charge in [0.25, 0.3) is 0 Å². The molecule has 3 heteroatoms. The number of hydrogen-bond donors (Lipinski definition) is 1. The van der Waals surface area contributed by atoms with E-state index in [1.165, 1.54) is 24.0 Å². The fourth-order valence-corrected chi connectivity index (χ4v) is 3.87. The van der Waals surface area contributed by atoms with Gasteiger partial charge in [-0.1, -0.05) is 55.1 Å². The Kier molecular flexibility index (Phi) is 4.91. The molecule has 0 amide bonds. The molecule has 2 aliphatic rings. The molecule has 142 valence electrons. The van der Waals surface area contributed by atoms with Gasteiger partial charge in [0.1, 0.15) is 5.84 Å². The number of rotatable bonds is 4. The van der Waals surface area contributed by atoms with E-state index in [9.17, 15) is 0 Å². The second-order valence-electron chi connectivity index (χ2n) is 7.72. The van der Waals surface area contributed by atoms with E-state index >= 15 is 0 Å². The first-order chi connectivity index (χ1) is 13.5. The highest BCUT2D eigenvalue weighted by Crippen LogP contribution is 2.33. The molecule has 0 bridgehead atoms. The van der Waals surface area contributed by atoms with Crippen LogP contribution in [0.5, 0.6) is 0 Å². The zero-order valence-electron chi connectivity index (χ0n) is 16.5. The summed E-state index contributed by atoms with van der Waals surface area (Å²) in [5.41, 5.74) is 14.9. The van der Waals surface area contributed by atoms with Crippen molar-refractivity contribution in [1.82, 2.24) is 4.90 Å². The van der Waals surface area contributed by atoms with Crippen molar-refractivity contribution >= 4 is 23.3 Å². The normalized spacial score (nSPS) is 16.1. The molecule has 3 nitrogen and oxygen atoms in total. The standard InChI is InChI=1S/C25H27N3/c1-17(2)23-14-22-11-10-21(15-24(22)27-25(26)16-23)20-8-6-19(7-9-20)18(3)28-12-4-5-13-28/h6-11,14-15H,1,3-5,12-13,16H2,2H3,(H2,26,27). The summed E-state index contributed by atoms with van der Waals surface area (Å²) in [6.07, 6.45) is 5.31. The molecule has 28 heavy (non-hydrogen) atoms. The number of nitrogens with two attached hydrogens (primary N) is 1. The molecule has 2 aliphatic heterocycles. The van der Waals surface area contributed by atoms with Gasteiger partial charge < -0.3 is 10.6 Å². The van der Waals surface area contributed by atoms with E-state index in [1.807, 2.05) is 6.92 Å². The van der Waals surface area contributed by atoms with Gasteiger partial charge in [0.2, 0.25) is 0 Å². The SMILES string of the molecule is C=C(C)C1=Cc2ccc(-c3ccc(C(=C)N4CCCC4)cc3)cc2N=C(N)C1. The Labute approximate surface area is 167 Å². The number of fused-ring (bicyclic) bond motifs is 1. The Morgan fingerprint density at radius 2 is 1.68 bits per heavy atom. The topological polar surface area (TPSA) is 41.6 Å². The summed E-state index contributed by atoms with van der Waals surface area (Å²) >= 11 is 0. The summed E-state index contributed by atoms with van der Waals surface area (Å²) in [5.74, 6) is 0.627. The minimum absolute atomic E-state index is 0.627. The monoisotopic (exact) mass is 369 g/mol. The Hall–Kier alpha value is -3.07. The van der Waals surface area contributed by atoms with Crippen LogP contribution < -0.4 is 5.73 Å². The quantitative estimate of drug-likeness (QED) is 0.743. The summed E-state index contributed by atoms with van der Waals surface area (Å²) in [7, 11) is 0. The molecule has 0 radical (unpaired) electrons. The minimum atomic E-state index is 0.627. The molecule has 2 N–H and O–H groups in total. The lowest BCUT2D eigenvalue weighted by Crippen LogP contribution is -2.16. The third-order valence-corrected chi connectivity index (χ3v) is 5.58. The van der Waals surface area contributed by atoms with E-state index < -0.39 is 0 Å². The molecule has 2 aromatic carbocycles. The first-order valence-corrected chi connectivity index (χ1v) is 9.89. The molecule has 4 rings (SSSR count). The number of hydrogen-bond acceptors (Lipinski definition) is 3. The number of amidine groups is 1. The van der Waals surface area contributed by atoms with Crippen LogP contribution in [0.1, 0.15) is 37.3 Å². The third-order valence-electron chi connectivity index (χ3n) is 5.58. The molecule has 1 fully saturated rings. The third kappa shape index (κ3) is 3.65. The van der Waals surface area contributed by atoms with E-state index in [-0.39, 0.29) is 0 Å². The molecule has 0 aliphatic carbocycles. The average Bonchev–Trinajstić information content (AvgIpc) is 3.17. The van der Waals surface area contributed by atoms with Crippen LogP contribution in [0.4, 0.5) is 5.69 Å². The lowest BCUT2D eigenvalue weighted by molar-refractivity contribution is 0.494. The van der Waals surface area contributed by atoms with Crippen molar-refractivity contribution in [1.29, 1.82) is 0 Å². The van der Waals surface area contributed by atoms with Gasteiger partial charge in [0.15, 0.2) is 0 Å². The number of aliphatic imine (C=N–C) groups is 1. The Bertz CT molecular complexity index is 987. The number of allylic oxidation sites excluding steroid dienone is 1. The fourth-order valence-electron chi connectivity index (χ4n) is 3.87. The van der Waals surface area contributed by atoms with Crippen molar-refractivity contribution in [3.63, 3.8) is 0 Å². The van der Waals surface area contributed by atoms with Crippen molar-refractivity contribution in [3.05, 3.63) is 77.9 Å². The summed E-state index contributed by atoms with van der Waals surface area (Å²) in [6.45, 7) is 12.6. The second-order valence-corrected chi connectivity index (χ2v) is 7.72. The maximum Gasteiger partial charge on any atom is 0.104 e. The van der Waals surface area contributed by atoms with Gasteiger partial charge in [0.05, 0.1) is 5.69 Å². The smallest absolute Gasteiger partial charge is 0.104 e. The fraction of sp³-hybridized carbons (Fsp3) is 0.240. The first kappa shape index (κ1) is 18.3. The van der Waals surface area contributed by atoms with Crippen LogP contribution >= 0.6 is 0 Å². The summed E-state index contributed by atoms with van der Waals surface area (Å²) < 4.78 is 0. The lowest BCUT2D eigenvalue weighted by Gasteiger charge is -2.20. The lowest BCUT2D eigenvalue weighted by atomic mass is 9.98. The highest BCUT2D eigenvalue weighted by molar-refractivity contribution is 5.92. The highest BCUT2D eigenvalue weighted by atomic mass is 15.1. The van der Waals surface area contributed by atoms with Crippen molar-refractivity contribution in [2.24, 2.45) is 10.7 Å². The Morgan fingerprint density at radius 1 is 1.00 bits per heavy atom. The van der Waals surface area contributed by atoms with Crippen LogP contribution in [0.3, 0.4) is 0 Å². The van der Waals surface area contributed by atoms with Crippen LogP contribution in [0, 0.1) is 0 Å². The van der Waals surface area contributed by atoms with Gasteiger partial charge in [-0.05, 0) is 54.2 Å². The van der Waals surface area contributed by atoms with Crippen molar-refractivity contribution in [2.45, 2.75) is 26.2 Å². The largest absolute Gasteiger partial charge is 0.387 e. The number of benzene rings is 2. The van der Waals surface area contributed by atoms with E-state index in [1.54, 1.807) is 0 Å². The predicted octanol–water partition coefficient (Wildman–Crippen LogP) is 5.77. The average molecular weight is 370 g/mol. The molecule has 0 unspecified atom stereocenters. The number of likely N-dealkylation sites (tertiary alicyclic amines) is 1. The van der Waals surface area contributed by atoms with E-state index in [4.69, 9.17) is 5.73 Å². The molecular weight excluding hydrogens is 342 g/mol. The van der Waals surface area contributed by atoms with Gasteiger partial charge >= 0.3 is 0 Å². The molecule has 0 spiro atoms. The van der Waals surface area contributed by atoms with Gasteiger partial charge in [-0.15, -0.1) is 0 Å². The molecule has 0 saturated carbocycles. The zero-order chi connectivity index (χ0) is 19.7. The summed E-state index contributed by atoms with van der Waals surface area (Å²) in [5, 5.41) is 0. The van der Waals surface area contributed by atoms with Crippen LogP contribution in [-0.2, 0) is 0 Å². The van der Waals surface area contributed by atoms with Gasteiger partial charge in [-0.2, -0.15) is 0 Å². The first-order valence-electron chi connectivity index (χ1n) is 9.89. The Balaban J connectivity index is 1.63. The molecule has 1 saturated heterocycles. The van der Waals surface area contributed by atoms with Crippen molar-refractivity contribution in [3.8, 4) is 11.1 Å². The van der Waals surface area contributed by atoms with E-state index in [0.717, 1.165) is 46.7 Å². The number of nitrogens with zero attached hydrogens (tertiary/aromatic N) is 2. The highest BCUT2D eigenvalue weighted by Gasteiger charge is 2.15. The minimum Gasteiger partial charge on any atom is -0.387 e. The molecular formula is C25H27N3. The molecule has 0 aromatic heterocycles. The maximum absolute atomic E-state index is 6.13. The molecule has 2 heterocycles. The van der Waals surface area contributed by atoms with Crippen LogP contribution in [0.2, 0.25) is 0 Å². The van der Waals surface area contributed by atoms with Crippen LogP contribution in [0.15, 0.2) is 71.8 Å². The van der Waals surface area contributed by atoms with Crippen LogP contribution in [-0.4, -0.2) is 23.8 Å². The van der Waals surface area contributed by atoms with Crippen LogP contribution in [0.25, 0.3) is 22.9 Å². The second kappa shape index (κ2) is 7.51. The van der Waals surface area contributed by atoms with Gasteiger partial charge in [-0.3, -0.25) is 0 Å². The van der Waals surface area contributed by atoms with Crippen molar-refractivity contribution < 1.29 is 0 Å². The maximum atomic E-state index is 6.13. The predicted molar refractivity (Wildman–Crippen MR) is 120 cm³/mol. The summed E-state index contributed by atoms with van der Waals surface area (Å²) in [4.78, 5) is 7.01. The zero-order valence-corrected chi connectivity index (χ0v) is 16.5. The molecule has 2 aromatic rings. The molecule has 0 atom stereocenters. The Morgan fingerprint density at radius 3 is 2.36 bits per heavy atom. The van der Waals surface area contributed by atoms with Gasteiger partial charge in [-0.25, -0.2) is 4.99 Å².